The topological polar surface area (TPSA) is 73.9 Å². The summed E-state index contributed by atoms with van der Waals surface area (Å²) in [4.78, 5) is 24.6. The second kappa shape index (κ2) is 9.62. The molecular formula is C21H25NO5. The van der Waals surface area contributed by atoms with Gasteiger partial charge in [-0.15, -0.1) is 0 Å². The largest absolute Gasteiger partial charge is 0.497 e. The molecule has 1 N–H and O–H groups in total. The van der Waals surface area contributed by atoms with Crippen LogP contribution in [-0.2, 0) is 22.4 Å². The third-order valence-corrected chi connectivity index (χ3v) is 4.18. The van der Waals surface area contributed by atoms with Crippen molar-refractivity contribution in [2.45, 2.75) is 26.7 Å². The van der Waals surface area contributed by atoms with E-state index in [1.54, 1.807) is 6.07 Å². The lowest BCUT2D eigenvalue weighted by Gasteiger charge is -2.14. The van der Waals surface area contributed by atoms with Gasteiger partial charge in [-0.05, 0) is 36.1 Å². The molecule has 0 fully saturated rings. The molecule has 2 aromatic carbocycles. The van der Waals surface area contributed by atoms with Gasteiger partial charge >= 0.3 is 5.97 Å². The van der Waals surface area contributed by atoms with Crippen LogP contribution in [0.2, 0.25) is 0 Å². The molecule has 0 aliphatic rings. The molecule has 6 heteroatoms. The minimum absolute atomic E-state index is 0.252. The number of carbonyl (C=O) groups excluding carboxylic acids is 2. The predicted molar refractivity (Wildman–Crippen MR) is 104 cm³/mol. The number of carbonyl (C=O) groups is 2. The van der Waals surface area contributed by atoms with Crippen LogP contribution in [0, 0.1) is 0 Å². The molecule has 27 heavy (non-hydrogen) atoms. The van der Waals surface area contributed by atoms with Crippen molar-refractivity contribution in [1.82, 2.24) is 0 Å². The predicted octanol–water partition coefficient (Wildman–Crippen LogP) is 3.62. The highest BCUT2D eigenvalue weighted by atomic mass is 16.5. The minimum atomic E-state index is -0.623. The van der Waals surface area contributed by atoms with Gasteiger partial charge in [-0.3, -0.25) is 4.79 Å². The highest BCUT2D eigenvalue weighted by molar-refractivity contribution is 5.96. The smallest absolute Gasteiger partial charge is 0.338 e. The fourth-order valence-corrected chi connectivity index (χ4v) is 2.72. The second-order valence-electron chi connectivity index (χ2n) is 5.88. The molecule has 2 aromatic rings. The molecule has 0 radical (unpaired) electrons. The van der Waals surface area contributed by atoms with E-state index in [4.69, 9.17) is 14.2 Å². The van der Waals surface area contributed by atoms with E-state index >= 15 is 0 Å². The lowest BCUT2D eigenvalue weighted by atomic mass is 10.0. The Hall–Kier alpha value is -3.02. The highest BCUT2D eigenvalue weighted by Crippen LogP contribution is 2.24. The summed E-state index contributed by atoms with van der Waals surface area (Å²) in [5.74, 6) is -0.0684. The summed E-state index contributed by atoms with van der Waals surface area (Å²) in [6.07, 6.45) is 1.60. The average molecular weight is 371 g/mol. The first-order chi connectivity index (χ1) is 13.0. The van der Waals surface area contributed by atoms with Crippen LogP contribution in [0.1, 0.15) is 35.3 Å². The molecule has 0 atom stereocenters. The summed E-state index contributed by atoms with van der Waals surface area (Å²) in [6, 6.07) is 10.6. The minimum Gasteiger partial charge on any atom is -0.497 e. The van der Waals surface area contributed by atoms with Crippen LogP contribution in [0.25, 0.3) is 0 Å². The summed E-state index contributed by atoms with van der Waals surface area (Å²) >= 11 is 0. The lowest BCUT2D eigenvalue weighted by molar-refractivity contribution is -0.119. The number of hydrogen-bond acceptors (Lipinski definition) is 5. The highest BCUT2D eigenvalue weighted by Gasteiger charge is 2.15. The molecule has 0 aromatic heterocycles. The van der Waals surface area contributed by atoms with Crippen LogP contribution in [0.3, 0.4) is 0 Å². The van der Waals surface area contributed by atoms with Gasteiger partial charge < -0.3 is 19.5 Å². The SMILES string of the molecule is CCc1cccc(CC)c1NC(=O)COC(=O)c1cc(OC)cc(OC)c1. The van der Waals surface area contributed by atoms with E-state index in [0.717, 1.165) is 29.7 Å². The molecule has 0 saturated carbocycles. The van der Waals surface area contributed by atoms with E-state index in [1.807, 2.05) is 32.0 Å². The zero-order valence-corrected chi connectivity index (χ0v) is 16.1. The van der Waals surface area contributed by atoms with Gasteiger partial charge in [0.2, 0.25) is 0 Å². The molecule has 0 aliphatic carbocycles. The van der Waals surface area contributed by atoms with Crippen molar-refractivity contribution >= 4 is 17.6 Å². The summed E-state index contributed by atoms with van der Waals surface area (Å²) in [7, 11) is 2.99. The number of amides is 1. The second-order valence-corrected chi connectivity index (χ2v) is 5.88. The summed E-state index contributed by atoms with van der Waals surface area (Å²) < 4.78 is 15.4. The molecule has 0 bridgehead atoms. The Labute approximate surface area is 159 Å². The molecule has 0 unspecified atom stereocenters. The Morgan fingerprint density at radius 3 is 1.96 bits per heavy atom. The van der Waals surface area contributed by atoms with E-state index in [9.17, 15) is 9.59 Å². The van der Waals surface area contributed by atoms with Crippen LogP contribution in [-0.4, -0.2) is 32.7 Å². The average Bonchev–Trinajstić information content (AvgIpc) is 2.71. The number of nitrogens with one attached hydrogen (secondary N) is 1. The fraction of sp³-hybridized carbons (Fsp3) is 0.333. The van der Waals surface area contributed by atoms with Gasteiger partial charge in [0.25, 0.3) is 5.91 Å². The number of esters is 1. The summed E-state index contributed by atoms with van der Waals surface area (Å²) in [6.45, 7) is 3.68. The van der Waals surface area contributed by atoms with E-state index in [2.05, 4.69) is 5.32 Å². The number of benzene rings is 2. The molecule has 6 nitrogen and oxygen atoms in total. The molecule has 0 saturated heterocycles. The van der Waals surface area contributed by atoms with Crippen molar-refractivity contribution in [3.05, 3.63) is 53.1 Å². The Morgan fingerprint density at radius 1 is 0.926 bits per heavy atom. The Bertz CT molecular complexity index is 772. The van der Waals surface area contributed by atoms with Crippen molar-refractivity contribution < 1.29 is 23.8 Å². The third kappa shape index (κ3) is 5.23. The first-order valence-electron chi connectivity index (χ1n) is 8.83. The van der Waals surface area contributed by atoms with Gasteiger partial charge in [0.05, 0.1) is 19.8 Å². The van der Waals surface area contributed by atoms with Gasteiger partial charge in [-0.25, -0.2) is 4.79 Å². The maximum atomic E-state index is 12.3. The van der Waals surface area contributed by atoms with Gasteiger partial charge in [-0.2, -0.15) is 0 Å². The Morgan fingerprint density at radius 2 is 1.48 bits per heavy atom. The number of anilines is 1. The first-order valence-corrected chi connectivity index (χ1v) is 8.83. The van der Waals surface area contributed by atoms with Crippen LogP contribution in [0.4, 0.5) is 5.69 Å². The number of rotatable bonds is 8. The zero-order chi connectivity index (χ0) is 19.8. The normalized spacial score (nSPS) is 10.2. The van der Waals surface area contributed by atoms with E-state index in [1.165, 1.54) is 26.4 Å². The van der Waals surface area contributed by atoms with E-state index < -0.39 is 5.97 Å². The van der Waals surface area contributed by atoms with Gasteiger partial charge in [-0.1, -0.05) is 32.0 Å². The Balaban J connectivity index is 2.05. The van der Waals surface area contributed by atoms with Gasteiger partial charge in [0, 0.05) is 11.8 Å². The monoisotopic (exact) mass is 371 g/mol. The molecule has 0 aliphatic heterocycles. The number of methoxy groups -OCH3 is 2. The molecule has 144 valence electrons. The van der Waals surface area contributed by atoms with E-state index in [-0.39, 0.29) is 18.1 Å². The Kier molecular flexibility index (Phi) is 7.23. The number of aryl methyl sites for hydroxylation is 2. The molecule has 1 amide bonds. The van der Waals surface area contributed by atoms with Gasteiger partial charge in [0.15, 0.2) is 6.61 Å². The maximum absolute atomic E-state index is 12.3. The molecular weight excluding hydrogens is 346 g/mol. The zero-order valence-electron chi connectivity index (χ0n) is 16.1. The lowest BCUT2D eigenvalue weighted by Crippen LogP contribution is -2.22. The molecule has 2 rings (SSSR count). The van der Waals surface area contributed by atoms with Crippen LogP contribution in [0.5, 0.6) is 11.5 Å². The third-order valence-electron chi connectivity index (χ3n) is 4.18. The number of ether oxygens (including phenoxy) is 3. The summed E-state index contributed by atoms with van der Waals surface area (Å²) in [5.41, 5.74) is 3.15. The number of hydrogen-bond donors (Lipinski definition) is 1. The fourth-order valence-electron chi connectivity index (χ4n) is 2.72. The van der Waals surface area contributed by atoms with Crippen molar-refractivity contribution in [2.75, 3.05) is 26.1 Å². The van der Waals surface area contributed by atoms with Crippen molar-refractivity contribution in [3.8, 4) is 11.5 Å². The van der Waals surface area contributed by atoms with Crippen molar-refractivity contribution in [2.24, 2.45) is 0 Å². The van der Waals surface area contributed by atoms with Crippen LogP contribution < -0.4 is 14.8 Å². The molecule has 0 heterocycles. The first kappa shape index (κ1) is 20.3. The van der Waals surface area contributed by atoms with Gasteiger partial charge in [0.1, 0.15) is 11.5 Å². The van der Waals surface area contributed by atoms with Crippen LogP contribution in [0.15, 0.2) is 36.4 Å². The van der Waals surface area contributed by atoms with Crippen molar-refractivity contribution in [3.63, 3.8) is 0 Å². The van der Waals surface area contributed by atoms with E-state index in [0.29, 0.717) is 11.5 Å². The van der Waals surface area contributed by atoms with Crippen molar-refractivity contribution in [1.29, 1.82) is 0 Å². The number of para-hydroxylation sites is 1. The standard InChI is InChI=1S/C21H25NO5/c1-5-14-8-7-9-15(6-2)20(14)22-19(23)13-27-21(24)16-10-17(25-3)12-18(11-16)26-4/h7-12H,5-6,13H2,1-4H3,(H,22,23). The molecule has 0 spiro atoms. The van der Waals surface area contributed by atoms with Crippen LogP contribution >= 0.6 is 0 Å². The maximum Gasteiger partial charge on any atom is 0.338 e. The quantitative estimate of drug-likeness (QED) is 0.718. The summed E-state index contributed by atoms with van der Waals surface area (Å²) in [5, 5.41) is 2.87.